The van der Waals surface area contributed by atoms with Gasteiger partial charge in [0.2, 0.25) is 0 Å². The van der Waals surface area contributed by atoms with Gasteiger partial charge in [0.1, 0.15) is 0 Å². The standard InChI is InChI=1S/C34H44F2O/c1-4-6-7-8-27-11-15-30(16-12-27)32-21-23-33(24-22-32)34(35,36)37-25(3)28-17-19-31(20-18-28)29-13-9-26(5-2)10-14-29/h4-6,17-27,29-30H,2,7-16H2,1,3H3/b6-4+. The molecule has 2 fully saturated rings. The lowest BCUT2D eigenvalue weighted by atomic mass is 9.77. The van der Waals surface area contributed by atoms with E-state index in [9.17, 15) is 0 Å². The van der Waals surface area contributed by atoms with Crippen LogP contribution in [0.3, 0.4) is 0 Å². The Balaban J connectivity index is 1.30. The molecule has 2 aliphatic carbocycles. The van der Waals surface area contributed by atoms with Crippen molar-refractivity contribution >= 4 is 0 Å². The highest BCUT2D eigenvalue weighted by atomic mass is 19.3. The molecule has 37 heavy (non-hydrogen) atoms. The van der Waals surface area contributed by atoms with Crippen LogP contribution in [-0.2, 0) is 10.8 Å². The lowest BCUT2D eigenvalue weighted by molar-refractivity contribution is -0.272. The zero-order valence-corrected chi connectivity index (χ0v) is 22.7. The van der Waals surface area contributed by atoms with E-state index in [1.807, 2.05) is 24.3 Å². The first kappa shape index (κ1) is 27.8. The summed E-state index contributed by atoms with van der Waals surface area (Å²) in [6.45, 7) is 7.71. The van der Waals surface area contributed by atoms with Crippen LogP contribution in [0.25, 0.3) is 0 Å². The number of hydrogen-bond donors (Lipinski definition) is 0. The van der Waals surface area contributed by atoms with Gasteiger partial charge >= 0.3 is 6.11 Å². The zero-order valence-electron chi connectivity index (χ0n) is 22.7. The minimum Gasteiger partial charge on any atom is -0.309 e. The third-order valence-electron chi connectivity index (χ3n) is 8.85. The van der Waals surface area contributed by atoms with E-state index < -0.39 is 12.2 Å². The van der Waals surface area contributed by atoms with Gasteiger partial charge in [0.25, 0.3) is 0 Å². The van der Waals surface area contributed by atoms with Crippen LogP contribution in [0, 0.1) is 11.8 Å². The molecule has 2 aromatic carbocycles. The Bertz CT molecular complexity index is 991. The fourth-order valence-corrected chi connectivity index (χ4v) is 6.32. The van der Waals surface area contributed by atoms with Gasteiger partial charge in [0, 0.05) is 0 Å². The topological polar surface area (TPSA) is 9.23 Å². The van der Waals surface area contributed by atoms with Gasteiger partial charge in [-0.05, 0) is 118 Å². The molecule has 0 spiro atoms. The lowest BCUT2D eigenvalue weighted by Gasteiger charge is -2.29. The summed E-state index contributed by atoms with van der Waals surface area (Å²) in [4.78, 5) is 0. The van der Waals surface area contributed by atoms with Crippen molar-refractivity contribution in [2.24, 2.45) is 11.8 Å². The number of benzene rings is 2. The molecular weight excluding hydrogens is 462 g/mol. The Kier molecular flexibility index (Phi) is 9.76. The lowest BCUT2D eigenvalue weighted by Crippen LogP contribution is -2.20. The molecular formula is C34H44F2O. The molecule has 2 aliphatic rings. The normalized spacial score (nSPS) is 25.7. The van der Waals surface area contributed by atoms with Gasteiger partial charge in [-0.25, -0.2) is 0 Å². The molecule has 0 radical (unpaired) electrons. The van der Waals surface area contributed by atoms with Gasteiger partial charge < -0.3 is 4.74 Å². The predicted molar refractivity (Wildman–Crippen MR) is 150 cm³/mol. The quantitative estimate of drug-likeness (QED) is 0.291. The summed E-state index contributed by atoms with van der Waals surface area (Å²) in [7, 11) is 0. The van der Waals surface area contributed by atoms with Crippen molar-refractivity contribution in [1.82, 2.24) is 0 Å². The maximum absolute atomic E-state index is 15.1. The Morgan fingerprint density at radius 1 is 0.865 bits per heavy atom. The average molecular weight is 507 g/mol. The van der Waals surface area contributed by atoms with Crippen LogP contribution in [0.4, 0.5) is 8.78 Å². The van der Waals surface area contributed by atoms with E-state index in [2.05, 4.69) is 43.9 Å². The van der Waals surface area contributed by atoms with Crippen molar-refractivity contribution in [3.8, 4) is 0 Å². The summed E-state index contributed by atoms with van der Waals surface area (Å²) in [5.74, 6) is 2.46. The van der Waals surface area contributed by atoms with Gasteiger partial charge in [-0.15, -0.1) is 6.58 Å². The maximum atomic E-state index is 15.1. The molecule has 0 bridgehead atoms. The summed E-state index contributed by atoms with van der Waals surface area (Å²) in [6, 6.07) is 15.0. The molecule has 2 saturated carbocycles. The fraction of sp³-hybridized carbons (Fsp3) is 0.529. The van der Waals surface area contributed by atoms with E-state index in [1.165, 1.54) is 43.2 Å². The number of rotatable bonds is 10. The van der Waals surface area contributed by atoms with Crippen molar-refractivity contribution in [2.75, 3.05) is 0 Å². The van der Waals surface area contributed by atoms with Crippen molar-refractivity contribution < 1.29 is 13.5 Å². The highest BCUT2D eigenvalue weighted by molar-refractivity contribution is 5.29. The van der Waals surface area contributed by atoms with E-state index in [-0.39, 0.29) is 5.56 Å². The van der Waals surface area contributed by atoms with Crippen molar-refractivity contribution in [3.05, 3.63) is 95.6 Å². The highest BCUT2D eigenvalue weighted by Crippen LogP contribution is 2.40. The molecule has 0 amide bonds. The monoisotopic (exact) mass is 506 g/mol. The molecule has 2 aromatic rings. The maximum Gasteiger partial charge on any atom is 0.383 e. The van der Waals surface area contributed by atoms with Crippen LogP contribution < -0.4 is 0 Å². The molecule has 3 heteroatoms. The van der Waals surface area contributed by atoms with Crippen molar-refractivity contribution in [1.29, 1.82) is 0 Å². The van der Waals surface area contributed by atoms with Crippen molar-refractivity contribution in [3.63, 3.8) is 0 Å². The Morgan fingerprint density at radius 2 is 1.41 bits per heavy atom. The largest absolute Gasteiger partial charge is 0.383 e. The highest BCUT2D eigenvalue weighted by Gasteiger charge is 2.35. The second kappa shape index (κ2) is 13.0. The SMILES string of the molecule is C=CC1CCC(c2ccc(C(C)OC(F)(F)c3ccc(C4CCC(CC/C=C/C)CC4)cc3)cc2)CC1. The van der Waals surface area contributed by atoms with E-state index >= 15 is 8.78 Å². The number of ether oxygens (including phenoxy) is 1. The van der Waals surface area contributed by atoms with Crippen LogP contribution in [-0.4, -0.2) is 0 Å². The average Bonchev–Trinajstić information content (AvgIpc) is 2.93. The van der Waals surface area contributed by atoms with E-state index in [1.54, 1.807) is 19.1 Å². The fourth-order valence-electron chi connectivity index (χ4n) is 6.32. The predicted octanol–water partition coefficient (Wildman–Crippen LogP) is 10.6. The zero-order chi connectivity index (χ0) is 26.3. The summed E-state index contributed by atoms with van der Waals surface area (Å²) in [5, 5.41) is 0. The van der Waals surface area contributed by atoms with E-state index in [0.717, 1.165) is 43.6 Å². The first-order valence-corrected chi connectivity index (χ1v) is 14.4. The molecule has 4 rings (SSSR count). The second-order valence-electron chi connectivity index (χ2n) is 11.3. The Morgan fingerprint density at radius 3 is 1.95 bits per heavy atom. The van der Waals surface area contributed by atoms with Crippen LogP contribution in [0.1, 0.15) is 118 Å². The first-order valence-electron chi connectivity index (χ1n) is 14.4. The summed E-state index contributed by atoms with van der Waals surface area (Å²) >= 11 is 0. The van der Waals surface area contributed by atoms with Gasteiger partial charge in [0.05, 0.1) is 11.7 Å². The number of hydrogen-bond acceptors (Lipinski definition) is 1. The van der Waals surface area contributed by atoms with Crippen LogP contribution in [0.15, 0.2) is 73.3 Å². The molecule has 0 N–H and O–H groups in total. The minimum absolute atomic E-state index is 0.0706. The van der Waals surface area contributed by atoms with Gasteiger partial charge in [-0.2, -0.15) is 8.78 Å². The summed E-state index contributed by atoms with van der Waals surface area (Å²) in [6.07, 6.45) is 14.3. The number of alkyl halides is 2. The molecule has 0 saturated heterocycles. The molecule has 0 heterocycles. The van der Waals surface area contributed by atoms with Gasteiger partial charge in [-0.1, -0.05) is 66.8 Å². The molecule has 1 unspecified atom stereocenters. The van der Waals surface area contributed by atoms with E-state index in [4.69, 9.17) is 4.74 Å². The second-order valence-corrected chi connectivity index (χ2v) is 11.3. The number of allylic oxidation sites excluding steroid dienone is 3. The minimum atomic E-state index is -3.33. The smallest absolute Gasteiger partial charge is 0.309 e. The van der Waals surface area contributed by atoms with Crippen molar-refractivity contribution in [2.45, 2.75) is 102 Å². The van der Waals surface area contributed by atoms with Crippen LogP contribution in [0.2, 0.25) is 0 Å². The number of halogens is 2. The molecule has 1 atom stereocenters. The van der Waals surface area contributed by atoms with Crippen LogP contribution >= 0.6 is 0 Å². The molecule has 200 valence electrons. The molecule has 0 aliphatic heterocycles. The summed E-state index contributed by atoms with van der Waals surface area (Å²) < 4.78 is 35.5. The Hall–Kier alpha value is -2.26. The molecule has 1 nitrogen and oxygen atoms in total. The third kappa shape index (κ3) is 7.41. The van der Waals surface area contributed by atoms with Gasteiger partial charge in [0.15, 0.2) is 0 Å². The first-order chi connectivity index (χ1) is 17.9. The van der Waals surface area contributed by atoms with Gasteiger partial charge in [-0.3, -0.25) is 0 Å². The Labute approximate surface area is 223 Å². The summed E-state index contributed by atoms with van der Waals surface area (Å²) in [5.41, 5.74) is 3.19. The molecule has 0 aromatic heterocycles. The van der Waals surface area contributed by atoms with E-state index in [0.29, 0.717) is 17.8 Å². The van der Waals surface area contributed by atoms with Crippen LogP contribution in [0.5, 0.6) is 0 Å². The third-order valence-corrected chi connectivity index (χ3v) is 8.85.